The Morgan fingerprint density at radius 2 is 2.10 bits per heavy atom. The van der Waals surface area contributed by atoms with Gasteiger partial charge in [0.05, 0.1) is 7.11 Å². The molecular weight excluding hydrogens is 260 g/mol. The summed E-state index contributed by atoms with van der Waals surface area (Å²) in [6.45, 7) is 2.64. The highest BCUT2D eigenvalue weighted by Crippen LogP contribution is 2.28. The molecule has 0 spiro atoms. The van der Waals surface area contributed by atoms with Crippen LogP contribution in [0.2, 0.25) is 0 Å². The Labute approximate surface area is 118 Å². The molecule has 0 bridgehead atoms. The second kappa shape index (κ2) is 8.77. The first-order valence-corrected chi connectivity index (χ1v) is 6.13. The van der Waals surface area contributed by atoms with Gasteiger partial charge in [-0.3, -0.25) is 0 Å². The molecule has 0 amide bonds. The maximum Gasteiger partial charge on any atom is 0.328 e. The third-order valence-corrected chi connectivity index (χ3v) is 2.33. The first-order valence-electron chi connectivity index (χ1n) is 6.13. The summed E-state index contributed by atoms with van der Waals surface area (Å²) >= 11 is 0. The second-order valence-electron chi connectivity index (χ2n) is 3.72. The second-order valence-corrected chi connectivity index (χ2v) is 3.72. The molecule has 0 unspecified atom stereocenters. The van der Waals surface area contributed by atoms with E-state index in [1.807, 2.05) is 13.0 Å². The summed E-state index contributed by atoms with van der Waals surface area (Å²) < 4.78 is 15.8. The molecule has 108 valence electrons. The fourth-order valence-corrected chi connectivity index (χ4v) is 1.40. The van der Waals surface area contributed by atoms with Crippen LogP contribution in [0.25, 0.3) is 6.08 Å². The Hall–Kier alpha value is -2.27. The molecule has 0 aliphatic rings. The summed E-state index contributed by atoms with van der Waals surface area (Å²) in [7, 11) is 1.56. The highest BCUT2D eigenvalue weighted by atomic mass is 16.7. The van der Waals surface area contributed by atoms with Crippen LogP contribution in [0.5, 0.6) is 11.5 Å². The number of hydrogen-bond donors (Lipinski definition) is 1. The summed E-state index contributed by atoms with van der Waals surface area (Å²) in [5, 5.41) is 8.46. The van der Waals surface area contributed by atoms with Crippen LogP contribution in [0, 0.1) is 0 Å². The van der Waals surface area contributed by atoms with E-state index in [9.17, 15) is 4.79 Å². The van der Waals surface area contributed by atoms with Crippen LogP contribution in [0.15, 0.2) is 36.4 Å². The first kappa shape index (κ1) is 15.8. The Bertz CT molecular complexity index is 491. The number of ether oxygens (including phenoxy) is 3. The molecule has 0 atom stereocenters. The number of methoxy groups -OCH3 is 1. The normalized spacial score (nSPS) is 11.1. The zero-order valence-electron chi connectivity index (χ0n) is 11.5. The molecule has 1 aromatic rings. The minimum Gasteiger partial charge on any atom is -0.493 e. The number of allylic oxidation sites excluding steroid dienone is 2. The van der Waals surface area contributed by atoms with Crippen molar-refractivity contribution in [3.8, 4) is 11.5 Å². The third-order valence-electron chi connectivity index (χ3n) is 2.33. The van der Waals surface area contributed by atoms with Gasteiger partial charge in [-0.05, 0) is 24.6 Å². The quantitative estimate of drug-likeness (QED) is 0.343. The van der Waals surface area contributed by atoms with Crippen molar-refractivity contribution < 1.29 is 24.1 Å². The summed E-state index contributed by atoms with van der Waals surface area (Å²) in [6.07, 6.45) is 5.93. The number of rotatable bonds is 8. The lowest BCUT2D eigenvalue weighted by Gasteiger charge is -2.10. The number of carboxylic acids is 1. The molecule has 0 radical (unpaired) electrons. The Balaban J connectivity index is 2.73. The van der Waals surface area contributed by atoms with E-state index in [1.165, 1.54) is 6.08 Å². The Morgan fingerprint density at radius 3 is 2.75 bits per heavy atom. The van der Waals surface area contributed by atoms with Gasteiger partial charge in [-0.1, -0.05) is 24.3 Å². The van der Waals surface area contributed by atoms with Crippen molar-refractivity contribution in [3.05, 3.63) is 42.0 Å². The van der Waals surface area contributed by atoms with Gasteiger partial charge in [0.1, 0.15) is 0 Å². The molecule has 0 aromatic heterocycles. The average molecular weight is 278 g/mol. The molecule has 20 heavy (non-hydrogen) atoms. The van der Waals surface area contributed by atoms with Crippen molar-refractivity contribution in [2.24, 2.45) is 0 Å². The van der Waals surface area contributed by atoms with Crippen LogP contribution in [0.4, 0.5) is 0 Å². The fraction of sp³-hybridized carbons (Fsp3) is 0.267. The summed E-state index contributed by atoms with van der Waals surface area (Å²) in [5.41, 5.74) is 0.876. The van der Waals surface area contributed by atoms with Gasteiger partial charge in [0.15, 0.2) is 18.3 Å². The fourth-order valence-electron chi connectivity index (χ4n) is 1.40. The molecule has 1 aromatic carbocycles. The zero-order valence-corrected chi connectivity index (χ0v) is 11.5. The molecule has 0 aliphatic carbocycles. The van der Waals surface area contributed by atoms with E-state index in [4.69, 9.17) is 19.3 Å². The van der Waals surface area contributed by atoms with Crippen LogP contribution in [0.3, 0.4) is 0 Å². The summed E-state index contributed by atoms with van der Waals surface area (Å²) in [6, 6.07) is 5.42. The van der Waals surface area contributed by atoms with E-state index in [1.54, 1.807) is 31.4 Å². The van der Waals surface area contributed by atoms with E-state index in [0.717, 1.165) is 11.6 Å². The van der Waals surface area contributed by atoms with Crippen molar-refractivity contribution in [3.63, 3.8) is 0 Å². The van der Waals surface area contributed by atoms with Gasteiger partial charge in [0, 0.05) is 12.7 Å². The van der Waals surface area contributed by atoms with Gasteiger partial charge in [-0.25, -0.2) is 4.79 Å². The first-order chi connectivity index (χ1) is 9.67. The molecule has 1 rings (SSSR count). The molecule has 0 aliphatic heterocycles. The minimum absolute atomic E-state index is 0.170. The topological polar surface area (TPSA) is 65.0 Å². The molecule has 0 heterocycles. The third kappa shape index (κ3) is 5.58. The van der Waals surface area contributed by atoms with Crippen molar-refractivity contribution in [2.75, 3.05) is 20.5 Å². The maximum absolute atomic E-state index is 10.3. The standard InChI is InChI=1S/C15H18O5/c1-3-19-11-20-13-9-8-12(10-14(13)18-2)6-4-5-7-15(16)17/h4-10H,3,11H2,1-2H3,(H,16,17). The largest absolute Gasteiger partial charge is 0.493 e. The van der Waals surface area contributed by atoms with E-state index in [0.29, 0.717) is 18.1 Å². The lowest BCUT2D eigenvalue weighted by molar-refractivity contribution is -0.131. The monoisotopic (exact) mass is 278 g/mol. The Kier molecular flexibility index (Phi) is 6.92. The predicted octanol–water partition coefficient (Wildman–Crippen LogP) is 2.72. The minimum atomic E-state index is -0.980. The molecule has 0 saturated carbocycles. The molecular formula is C15H18O5. The lowest BCUT2D eigenvalue weighted by atomic mass is 10.2. The highest BCUT2D eigenvalue weighted by Gasteiger charge is 2.04. The highest BCUT2D eigenvalue weighted by molar-refractivity contribution is 5.80. The maximum atomic E-state index is 10.3. The van der Waals surface area contributed by atoms with Crippen molar-refractivity contribution in [2.45, 2.75) is 6.92 Å². The van der Waals surface area contributed by atoms with Gasteiger partial charge in [0.25, 0.3) is 0 Å². The molecule has 0 saturated heterocycles. The van der Waals surface area contributed by atoms with E-state index in [-0.39, 0.29) is 6.79 Å². The molecule has 5 nitrogen and oxygen atoms in total. The van der Waals surface area contributed by atoms with Gasteiger partial charge in [-0.2, -0.15) is 0 Å². The predicted molar refractivity (Wildman–Crippen MR) is 75.9 cm³/mol. The molecule has 5 heteroatoms. The van der Waals surface area contributed by atoms with Crippen molar-refractivity contribution in [1.29, 1.82) is 0 Å². The molecule has 0 fully saturated rings. The summed E-state index contributed by atoms with van der Waals surface area (Å²) in [4.78, 5) is 10.3. The van der Waals surface area contributed by atoms with Crippen LogP contribution in [-0.2, 0) is 9.53 Å². The lowest BCUT2D eigenvalue weighted by Crippen LogP contribution is -2.03. The van der Waals surface area contributed by atoms with Crippen LogP contribution in [0.1, 0.15) is 12.5 Å². The molecule has 1 N–H and O–H groups in total. The number of carboxylic acid groups (broad SMARTS) is 1. The smallest absolute Gasteiger partial charge is 0.328 e. The van der Waals surface area contributed by atoms with Gasteiger partial charge in [0.2, 0.25) is 0 Å². The number of hydrogen-bond acceptors (Lipinski definition) is 4. The summed E-state index contributed by atoms with van der Waals surface area (Å²) in [5.74, 6) is 0.208. The van der Waals surface area contributed by atoms with Crippen molar-refractivity contribution in [1.82, 2.24) is 0 Å². The van der Waals surface area contributed by atoms with E-state index >= 15 is 0 Å². The van der Waals surface area contributed by atoms with E-state index in [2.05, 4.69) is 0 Å². The Morgan fingerprint density at radius 1 is 1.30 bits per heavy atom. The zero-order chi connectivity index (χ0) is 14.8. The number of carbonyl (C=O) groups is 1. The number of aliphatic carboxylic acids is 1. The average Bonchev–Trinajstić information content (AvgIpc) is 2.44. The van der Waals surface area contributed by atoms with E-state index < -0.39 is 5.97 Å². The van der Waals surface area contributed by atoms with Gasteiger partial charge >= 0.3 is 5.97 Å². The van der Waals surface area contributed by atoms with Crippen molar-refractivity contribution >= 4 is 12.0 Å². The van der Waals surface area contributed by atoms with Gasteiger partial charge in [-0.15, -0.1) is 0 Å². The number of benzene rings is 1. The van der Waals surface area contributed by atoms with Crippen LogP contribution < -0.4 is 9.47 Å². The van der Waals surface area contributed by atoms with Crippen LogP contribution in [-0.4, -0.2) is 31.6 Å². The van der Waals surface area contributed by atoms with Crippen LogP contribution >= 0.6 is 0 Å². The van der Waals surface area contributed by atoms with Gasteiger partial charge < -0.3 is 19.3 Å². The SMILES string of the molecule is CCOCOc1ccc(C=CC=CC(=O)O)cc1OC.